The van der Waals surface area contributed by atoms with E-state index < -0.39 is 0 Å². The third-order valence-electron chi connectivity index (χ3n) is 2.78. The molecule has 0 saturated heterocycles. The molecule has 0 aliphatic carbocycles. The van der Waals surface area contributed by atoms with E-state index in [1.54, 1.807) is 18.3 Å². The van der Waals surface area contributed by atoms with Gasteiger partial charge in [0.15, 0.2) is 6.61 Å². The van der Waals surface area contributed by atoms with Crippen molar-refractivity contribution in [2.45, 2.75) is 6.92 Å². The number of rotatable bonds is 7. The summed E-state index contributed by atoms with van der Waals surface area (Å²) in [6.45, 7) is 2.46. The van der Waals surface area contributed by atoms with Gasteiger partial charge < -0.3 is 9.47 Å². The Morgan fingerprint density at radius 3 is 2.35 bits per heavy atom. The minimum absolute atomic E-state index is 0.0950. The Balaban J connectivity index is 1.75. The number of nitrogens with one attached hydrogen (secondary N) is 1. The Hall–Kier alpha value is -2.34. The highest BCUT2D eigenvalue weighted by Gasteiger charge is 2.01. The van der Waals surface area contributed by atoms with Gasteiger partial charge in [0.1, 0.15) is 11.5 Å². The van der Waals surface area contributed by atoms with Gasteiger partial charge >= 0.3 is 0 Å². The molecule has 1 N–H and O–H groups in total. The van der Waals surface area contributed by atoms with Crippen LogP contribution in [0.15, 0.2) is 58.1 Å². The van der Waals surface area contributed by atoms with Crippen LogP contribution in [0.1, 0.15) is 12.5 Å². The van der Waals surface area contributed by atoms with E-state index in [0.717, 1.165) is 15.8 Å². The minimum atomic E-state index is -0.324. The third kappa shape index (κ3) is 6.12. The highest BCUT2D eigenvalue weighted by atomic mass is 79.9. The summed E-state index contributed by atoms with van der Waals surface area (Å²) in [5, 5.41) is 3.89. The molecule has 120 valence electrons. The molecule has 0 bridgehead atoms. The maximum absolute atomic E-state index is 11.6. The van der Waals surface area contributed by atoms with Crippen molar-refractivity contribution in [3.63, 3.8) is 0 Å². The lowest BCUT2D eigenvalue weighted by molar-refractivity contribution is -0.123. The zero-order valence-corrected chi connectivity index (χ0v) is 14.2. The molecule has 0 aliphatic heterocycles. The van der Waals surface area contributed by atoms with Gasteiger partial charge in [-0.1, -0.05) is 15.9 Å². The quantitative estimate of drug-likeness (QED) is 0.595. The first-order valence-corrected chi connectivity index (χ1v) is 7.90. The molecular weight excluding hydrogens is 360 g/mol. The first-order valence-electron chi connectivity index (χ1n) is 7.10. The van der Waals surface area contributed by atoms with Crippen LogP contribution in [-0.4, -0.2) is 25.3 Å². The number of hydrogen-bond donors (Lipinski definition) is 1. The number of benzene rings is 2. The van der Waals surface area contributed by atoms with Crippen LogP contribution in [0, 0.1) is 0 Å². The lowest BCUT2D eigenvalue weighted by Crippen LogP contribution is -2.24. The van der Waals surface area contributed by atoms with E-state index >= 15 is 0 Å². The summed E-state index contributed by atoms with van der Waals surface area (Å²) >= 11 is 3.33. The predicted octanol–water partition coefficient (Wildman–Crippen LogP) is 3.38. The van der Waals surface area contributed by atoms with Crippen LogP contribution < -0.4 is 14.9 Å². The lowest BCUT2D eigenvalue weighted by atomic mass is 10.2. The molecule has 23 heavy (non-hydrogen) atoms. The molecule has 0 saturated carbocycles. The van der Waals surface area contributed by atoms with Gasteiger partial charge in [-0.05, 0) is 61.0 Å². The minimum Gasteiger partial charge on any atom is -0.494 e. The molecule has 0 aromatic heterocycles. The Kier molecular flexibility index (Phi) is 6.62. The van der Waals surface area contributed by atoms with E-state index in [2.05, 4.69) is 26.5 Å². The zero-order valence-electron chi connectivity index (χ0n) is 12.7. The standard InChI is InChI=1S/C17H17BrN2O3/c1-2-22-15-7-3-13(4-8-15)11-19-20-17(21)12-23-16-9-5-14(18)6-10-16/h3-11H,2,12H2,1H3,(H,20,21)/b19-11+. The van der Waals surface area contributed by atoms with E-state index in [1.807, 2.05) is 43.3 Å². The Morgan fingerprint density at radius 1 is 1.09 bits per heavy atom. The second-order valence-electron chi connectivity index (χ2n) is 4.54. The van der Waals surface area contributed by atoms with Crippen molar-refractivity contribution in [3.05, 3.63) is 58.6 Å². The zero-order chi connectivity index (χ0) is 16.5. The molecule has 0 heterocycles. The largest absolute Gasteiger partial charge is 0.494 e. The molecule has 5 nitrogen and oxygen atoms in total. The van der Waals surface area contributed by atoms with E-state index in [0.29, 0.717) is 12.4 Å². The van der Waals surface area contributed by atoms with Gasteiger partial charge in [-0.3, -0.25) is 4.79 Å². The molecule has 6 heteroatoms. The van der Waals surface area contributed by atoms with Crippen molar-refractivity contribution < 1.29 is 14.3 Å². The summed E-state index contributed by atoms with van der Waals surface area (Å²) in [7, 11) is 0. The fourth-order valence-corrected chi connectivity index (χ4v) is 1.97. The van der Waals surface area contributed by atoms with Crippen LogP contribution in [0.5, 0.6) is 11.5 Å². The maximum atomic E-state index is 11.6. The van der Waals surface area contributed by atoms with Crippen molar-refractivity contribution in [2.24, 2.45) is 5.10 Å². The van der Waals surface area contributed by atoms with Gasteiger partial charge in [-0.15, -0.1) is 0 Å². The van der Waals surface area contributed by atoms with Gasteiger partial charge in [0.05, 0.1) is 12.8 Å². The van der Waals surface area contributed by atoms with E-state index in [9.17, 15) is 4.79 Å². The summed E-state index contributed by atoms with van der Waals surface area (Å²) in [6.07, 6.45) is 1.56. The number of carbonyl (C=O) groups excluding carboxylic acids is 1. The molecule has 1 amide bonds. The number of carbonyl (C=O) groups is 1. The topological polar surface area (TPSA) is 59.9 Å². The number of hydrazone groups is 1. The number of nitrogens with zero attached hydrogens (tertiary/aromatic N) is 1. The second-order valence-corrected chi connectivity index (χ2v) is 5.45. The summed E-state index contributed by atoms with van der Waals surface area (Å²) in [5.41, 5.74) is 3.28. The molecule has 2 rings (SSSR count). The monoisotopic (exact) mass is 376 g/mol. The van der Waals surface area contributed by atoms with Crippen LogP contribution in [-0.2, 0) is 4.79 Å². The van der Waals surface area contributed by atoms with Crippen molar-refractivity contribution in [2.75, 3.05) is 13.2 Å². The van der Waals surface area contributed by atoms with E-state index in [4.69, 9.17) is 9.47 Å². The van der Waals surface area contributed by atoms with Crippen LogP contribution in [0.3, 0.4) is 0 Å². The lowest BCUT2D eigenvalue weighted by Gasteiger charge is -2.05. The smallest absolute Gasteiger partial charge is 0.277 e. The molecule has 0 atom stereocenters. The average molecular weight is 377 g/mol. The number of hydrogen-bond acceptors (Lipinski definition) is 4. The van der Waals surface area contributed by atoms with Crippen LogP contribution >= 0.6 is 15.9 Å². The number of amides is 1. The maximum Gasteiger partial charge on any atom is 0.277 e. The Bertz CT molecular complexity index is 655. The molecule has 0 spiro atoms. The van der Waals surface area contributed by atoms with Gasteiger partial charge in [0.25, 0.3) is 5.91 Å². The van der Waals surface area contributed by atoms with Gasteiger partial charge in [0.2, 0.25) is 0 Å². The first kappa shape index (κ1) is 17.0. The van der Waals surface area contributed by atoms with Crippen molar-refractivity contribution >= 4 is 28.1 Å². The molecule has 2 aromatic rings. The predicted molar refractivity (Wildman–Crippen MR) is 93.0 cm³/mol. The van der Waals surface area contributed by atoms with Crippen LogP contribution in [0.4, 0.5) is 0 Å². The summed E-state index contributed by atoms with van der Waals surface area (Å²) in [6, 6.07) is 14.7. The van der Waals surface area contributed by atoms with Crippen molar-refractivity contribution in [1.29, 1.82) is 0 Å². The Labute approximate surface area is 143 Å². The van der Waals surface area contributed by atoms with Gasteiger partial charge in [0, 0.05) is 4.47 Å². The SMILES string of the molecule is CCOc1ccc(/C=N/NC(=O)COc2ccc(Br)cc2)cc1. The van der Waals surface area contributed by atoms with Crippen LogP contribution in [0.25, 0.3) is 0 Å². The number of halogens is 1. The molecular formula is C17H17BrN2O3. The fourth-order valence-electron chi connectivity index (χ4n) is 1.71. The molecule has 0 unspecified atom stereocenters. The summed E-state index contributed by atoms with van der Waals surface area (Å²) < 4.78 is 11.6. The third-order valence-corrected chi connectivity index (χ3v) is 3.31. The van der Waals surface area contributed by atoms with Gasteiger partial charge in [-0.25, -0.2) is 5.43 Å². The summed E-state index contributed by atoms with van der Waals surface area (Å²) in [4.78, 5) is 11.6. The van der Waals surface area contributed by atoms with E-state index in [1.165, 1.54) is 0 Å². The Morgan fingerprint density at radius 2 is 1.70 bits per heavy atom. The highest BCUT2D eigenvalue weighted by Crippen LogP contribution is 2.15. The fraction of sp³-hybridized carbons (Fsp3) is 0.176. The van der Waals surface area contributed by atoms with Crippen molar-refractivity contribution in [3.8, 4) is 11.5 Å². The molecule has 2 aromatic carbocycles. The van der Waals surface area contributed by atoms with Gasteiger partial charge in [-0.2, -0.15) is 5.10 Å². The van der Waals surface area contributed by atoms with Crippen LogP contribution in [0.2, 0.25) is 0 Å². The molecule has 0 fully saturated rings. The highest BCUT2D eigenvalue weighted by molar-refractivity contribution is 9.10. The van der Waals surface area contributed by atoms with Crippen molar-refractivity contribution in [1.82, 2.24) is 5.43 Å². The summed E-state index contributed by atoms with van der Waals surface area (Å²) in [5.74, 6) is 1.10. The second kappa shape index (κ2) is 8.95. The average Bonchev–Trinajstić information content (AvgIpc) is 2.56. The normalized spacial score (nSPS) is 10.5. The van der Waals surface area contributed by atoms with E-state index in [-0.39, 0.29) is 12.5 Å². The molecule has 0 radical (unpaired) electrons. The number of ether oxygens (including phenoxy) is 2. The first-order chi connectivity index (χ1) is 11.2. The molecule has 0 aliphatic rings.